The van der Waals surface area contributed by atoms with E-state index in [1.807, 2.05) is 31.2 Å². The van der Waals surface area contributed by atoms with Crippen LogP contribution in [0.25, 0.3) is 0 Å². The molecule has 1 saturated heterocycles. The van der Waals surface area contributed by atoms with Crippen molar-refractivity contribution in [1.82, 2.24) is 5.32 Å². The summed E-state index contributed by atoms with van der Waals surface area (Å²) < 4.78 is 23.7. The van der Waals surface area contributed by atoms with Crippen molar-refractivity contribution in [2.24, 2.45) is 0 Å². The number of benzene rings is 1. The lowest BCUT2D eigenvalue weighted by Crippen LogP contribution is -2.43. The molecule has 0 saturated carbocycles. The largest absolute Gasteiger partial charge is 0.380 e. The van der Waals surface area contributed by atoms with Crippen molar-refractivity contribution in [1.29, 1.82) is 0 Å². The summed E-state index contributed by atoms with van der Waals surface area (Å²) in [4.78, 5) is 0. The third-order valence-electron chi connectivity index (χ3n) is 3.69. The molecule has 1 heterocycles. The highest BCUT2D eigenvalue weighted by atomic mass is 32.2. The third-order valence-corrected chi connectivity index (χ3v) is 5.43. The van der Waals surface area contributed by atoms with Crippen LogP contribution < -0.4 is 10.6 Å². The molecule has 4 nitrogen and oxygen atoms in total. The predicted molar refractivity (Wildman–Crippen MR) is 83.9 cm³/mol. The maximum atomic E-state index is 11.8. The smallest absolute Gasteiger partial charge is 0.153 e. The summed E-state index contributed by atoms with van der Waals surface area (Å²) in [7, 11) is -2.94. The minimum absolute atomic E-state index is 0.00727. The van der Waals surface area contributed by atoms with Crippen LogP contribution in [0.3, 0.4) is 0 Å². The fraction of sp³-hybridized carbons (Fsp3) is 0.600. The molecular weight excluding hydrogens is 272 g/mol. The Morgan fingerprint density at radius 3 is 2.45 bits per heavy atom. The van der Waals surface area contributed by atoms with Crippen LogP contribution in [0.15, 0.2) is 24.3 Å². The van der Waals surface area contributed by atoms with Gasteiger partial charge in [-0.2, -0.15) is 0 Å². The van der Waals surface area contributed by atoms with Gasteiger partial charge < -0.3 is 10.6 Å². The van der Waals surface area contributed by atoms with Crippen LogP contribution in [-0.2, 0) is 9.84 Å². The van der Waals surface area contributed by atoms with Crippen LogP contribution >= 0.6 is 0 Å². The minimum atomic E-state index is -2.94. The number of anilines is 1. The van der Waals surface area contributed by atoms with Gasteiger partial charge in [0, 0.05) is 11.7 Å². The molecule has 0 aromatic heterocycles. The van der Waals surface area contributed by atoms with Gasteiger partial charge in [0.25, 0.3) is 0 Å². The van der Waals surface area contributed by atoms with Crippen molar-refractivity contribution >= 4 is 15.5 Å². The summed E-state index contributed by atoms with van der Waals surface area (Å²) in [6.45, 7) is 5.05. The monoisotopic (exact) mass is 296 g/mol. The van der Waals surface area contributed by atoms with Gasteiger partial charge in [0.05, 0.1) is 17.5 Å². The van der Waals surface area contributed by atoms with Gasteiger partial charge in [-0.1, -0.05) is 31.0 Å². The molecule has 0 radical (unpaired) electrons. The summed E-state index contributed by atoms with van der Waals surface area (Å²) in [5.74, 6) is 0.449. The molecule has 112 valence electrons. The Balaban J connectivity index is 2.01. The van der Waals surface area contributed by atoms with Crippen molar-refractivity contribution < 1.29 is 8.42 Å². The van der Waals surface area contributed by atoms with Crippen LogP contribution in [0.2, 0.25) is 0 Å². The topological polar surface area (TPSA) is 58.2 Å². The van der Waals surface area contributed by atoms with E-state index >= 15 is 0 Å². The zero-order valence-corrected chi connectivity index (χ0v) is 13.0. The van der Waals surface area contributed by atoms with Crippen molar-refractivity contribution in [3.8, 4) is 0 Å². The molecule has 2 atom stereocenters. The molecule has 0 bridgehead atoms. The van der Waals surface area contributed by atoms with E-state index in [1.54, 1.807) is 0 Å². The number of unbranched alkanes of at least 4 members (excludes halogenated alkanes) is 1. The Morgan fingerprint density at radius 2 is 1.80 bits per heavy atom. The molecule has 20 heavy (non-hydrogen) atoms. The average Bonchev–Trinajstić information content (AvgIpc) is 2.67. The maximum Gasteiger partial charge on any atom is 0.153 e. The lowest BCUT2D eigenvalue weighted by molar-refractivity contribution is 0.511. The maximum absolute atomic E-state index is 11.8. The normalized spacial score (nSPS) is 24.7. The minimum Gasteiger partial charge on any atom is -0.380 e. The first kappa shape index (κ1) is 15.3. The zero-order chi connectivity index (χ0) is 14.6. The summed E-state index contributed by atoms with van der Waals surface area (Å²) in [6.07, 6.45) is 2.19. The summed E-state index contributed by atoms with van der Waals surface area (Å²) in [6, 6.07) is 8.04. The van der Waals surface area contributed by atoms with Gasteiger partial charge in [-0.05, 0) is 32.0 Å². The molecule has 2 unspecified atom stereocenters. The van der Waals surface area contributed by atoms with Gasteiger partial charge in [-0.3, -0.25) is 0 Å². The molecule has 1 aromatic carbocycles. The van der Waals surface area contributed by atoms with E-state index < -0.39 is 9.84 Å². The van der Waals surface area contributed by atoms with Gasteiger partial charge in [0.2, 0.25) is 0 Å². The molecule has 2 N–H and O–H groups in total. The molecule has 0 aliphatic carbocycles. The molecule has 0 amide bonds. The third kappa shape index (κ3) is 4.21. The van der Waals surface area contributed by atoms with E-state index in [9.17, 15) is 8.42 Å². The lowest BCUT2D eigenvalue weighted by Gasteiger charge is -2.21. The number of rotatable bonds is 6. The highest BCUT2D eigenvalue weighted by Gasteiger charge is 2.37. The first-order valence-electron chi connectivity index (χ1n) is 7.27. The highest BCUT2D eigenvalue weighted by Crippen LogP contribution is 2.18. The second kappa shape index (κ2) is 6.59. The Morgan fingerprint density at radius 1 is 1.15 bits per heavy atom. The molecule has 1 aliphatic rings. The van der Waals surface area contributed by atoms with Crippen molar-refractivity contribution in [2.75, 3.05) is 23.4 Å². The Bertz CT molecular complexity index is 525. The van der Waals surface area contributed by atoms with Gasteiger partial charge in [-0.25, -0.2) is 8.42 Å². The molecule has 2 rings (SSSR count). The van der Waals surface area contributed by atoms with Gasteiger partial charge in [0.15, 0.2) is 9.84 Å². The van der Waals surface area contributed by atoms with E-state index in [0.717, 1.165) is 25.1 Å². The first-order valence-corrected chi connectivity index (χ1v) is 9.09. The molecule has 1 fully saturated rings. The second-order valence-electron chi connectivity index (χ2n) is 5.61. The molecular formula is C15H24N2O2S. The summed E-state index contributed by atoms with van der Waals surface area (Å²) in [5, 5.41) is 6.74. The number of sulfone groups is 1. The van der Waals surface area contributed by atoms with E-state index in [1.165, 1.54) is 5.56 Å². The van der Waals surface area contributed by atoms with Crippen LogP contribution in [0.1, 0.15) is 25.3 Å². The summed E-state index contributed by atoms with van der Waals surface area (Å²) >= 11 is 0. The Labute approximate surface area is 121 Å². The van der Waals surface area contributed by atoms with Gasteiger partial charge >= 0.3 is 0 Å². The number of hydrogen-bond donors (Lipinski definition) is 2. The Hall–Kier alpha value is -1.07. The van der Waals surface area contributed by atoms with E-state index in [-0.39, 0.29) is 23.6 Å². The predicted octanol–water partition coefficient (Wildman–Crippen LogP) is 1.96. The van der Waals surface area contributed by atoms with Crippen LogP contribution in [0.5, 0.6) is 0 Å². The van der Waals surface area contributed by atoms with Gasteiger partial charge in [0.1, 0.15) is 0 Å². The average molecular weight is 296 g/mol. The van der Waals surface area contributed by atoms with Crippen molar-refractivity contribution in [2.45, 2.75) is 38.8 Å². The van der Waals surface area contributed by atoms with Crippen molar-refractivity contribution in [3.05, 3.63) is 29.8 Å². The highest BCUT2D eigenvalue weighted by molar-refractivity contribution is 7.91. The molecule has 1 aromatic rings. The first-order chi connectivity index (χ1) is 9.50. The number of nitrogens with one attached hydrogen (secondary N) is 2. The quantitative estimate of drug-likeness (QED) is 0.788. The molecule has 1 aliphatic heterocycles. The fourth-order valence-corrected chi connectivity index (χ4v) is 4.42. The fourth-order valence-electron chi connectivity index (χ4n) is 2.52. The van der Waals surface area contributed by atoms with Crippen LogP contribution in [0.4, 0.5) is 5.69 Å². The molecule has 0 spiro atoms. The van der Waals surface area contributed by atoms with E-state index in [2.05, 4.69) is 17.6 Å². The van der Waals surface area contributed by atoms with Crippen LogP contribution in [0, 0.1) is 6.92 Å². The SMILES string of the molecule is CCCCNC1CS(=O)(=O)CC1Nc1ccc(C)cc1. The van der Waals surface area contributed by atoms with Gasteiger partial charge in [-0.15, -0.1) is 0 Å². The summed E-state index contributed by atoms with van der Waals surface area (Å²) in [5.41, 5.74) is 2.19. The number of hydrogen-bond acceptors (Lipinski definition) is 4. The standard InChI is InChI=1S/C15H24N2O2S/c1-3-4-9-16-14-10-20(18,19)11-15(14)17-13-7-5-12(2)6-8-13/h5-8,14-17H,3-4,9-11H2,1-2H3. The number of aryl methyl sites for hydroxylation is 1. The van der Waals surface area contributed by atoms with Crippen molar-refractivity contribution in [3.63, 3.8) is 0 Å². The molecule has 5 heteroatoms. The van der Waals surface area contributed by atoms with E-state index in [0.29, 0.717) is 0 Å². The lowest BCUT2D eigenvalue weighted by atomic mass is 10.1. The van der Waals surface area contributed by atoms with Crippen LogP contribution in [-0.4, -0.2) is 38.6 Å². The Kier molecular flexibility index (Phi) is 5.05. The zero-order valence-electron chi connectivity index (χ0n) is 12.2. The second-order valence-corrected chi connectivity index (χ2v) is 7.76. The van der Waals surface area contributed by atoms with E-state index in [4.69, 9.17) is 0 Å².